The summed E-state index contributed by atoms with van der Waals surface area (Å²) in [5, 5.41) is 16.1. The Bertz CT molecular complexity index is 1300. The summed E-state index contributed by atoms with van der Waals surface area (Å²) in [5.41, 5.74) is 2.73. The molecule has 32 heavy (non-hydrogen) atoms. The van der Waals surface area contributed by atoms with Gasteiger partial charge in [0, 0.05) is 22.7 Å². The number of nitrogens with one attached hydrogen (secondary N) is 3. The van der Waals surface area contributed by atoms with E-state index in [2.05, 4.69) is 20.6 Å². The van der Waals surface area contributed by atoms with Crippen LogP contribution in [0.3, 0.4) is 0 Å². The number of nitrogens with zero attached hydrogens (tertiary/aromatic N) is 1. The average Bonchev–Trinajstić information content (AvgIpc) is 3.17. The second-order valence-electron chi connectivity index (χ2n) is 7.57. The summed E-state index contributed by atoms with van der Waals surface area (Å²) in [4.78, 5) is 44.4. The molecule has 8 nitrogen and oxygen atoms in total. The lowest BCUT2D eigenvalue weighted by Crippen LogP contribution is -2.51. The molecular weight excluding hydrogens is 408 g/mol. The van der Waals surface area contributed by atoms with E-state index in [4.69, 9.17) is 5.11 Å². The first kappa shape index (κ1) is 21.0. The minimum absolute atomic E-state index is 0.166. The third-order valence-electron chi connectivity index (χ3n) is 5.26. The molecule has 4 aromatic rings. The smallest absolute Gasteiger partial charge is 0.325 e. The van der Waals surface area contributed by atoms with Crippen LogP contribution in [0.15, 0.2) is 66.9 Å². The normalized spacial score (nSPS) is 12.9. The number of carboxylic acid groups (broad SMARTS) is 1. The Kier molecular flexibility index (Phi) is 5.85. The molecule has 4 N–H and O–H groups in total. The van der Waals surface area contributed by atoms with Crippen molar-refractivity contribution in [3.8, 4) is 0 Å². The molecule has 2 atom stereocenters. The van der Waals surface area contributed by atoms with Crippen molar-refractivity contribution in [2.45, 2.75) is 25.4 Å². The molecule has 8 heteroatoms. The highest BCUT2D eigenvalue weighted by Gasteiger charge is 2.25. The zero-order valence-corrected chi connectivity index (χ0v) is 17.3. The molecule has 2 unspecified atom stereocenters. The summed E-state index contributed by atoms with van der Waals surface area (Å²) in [6.45, 7) is 1.37. The Morgan fingerprint density at radius 1 is 0.969 bits per heavy atom. The maximum absolute atomic E-state index is 13.0. The topological polar surface area (TPSA) is 124 Å². The number of carbonyl (C=O) groups excluding carboxylic acids is 2. The van der Waals surface area contributed by atoms with E-state index in [9.17, 15) is 14.4 Å². The molecule has 2 aromatic carbocycles. The van der Waals surface area contributed by atoms with E-state index in [1.54, 1.807) is 12.3 Å². The molecule has 0 radical (unpaired) electrons. The Balaban J connectivity index is 1.60. The average molecular weight is 430 g/mol. The molecule has 0 aliphatic heterocycles. The van der Waals surface area contributed by atoms with E-state index in [1.807, 2.05) is 54.6 Å². The van der Waals surface area contributed by atoms with Crippen molar-refractivity contribution in [3.63, 3.8) is 0 Å². The SMILES string of the molecule is CC(NC(=O)C(Cc1ccccc1)NC(=O)c1cc2c(cn1)[nH]c1ccccc12)C(=O)O. The first-order valence-electron chi connectivity index (χ1n) is 10.2. The van der Waals surface area contributed by atoms with Crippen LogP contribution in [-0.4, -0.2) is 44.9 Å². The second kappa shape index (κ2) is 8.89. The zero-order valence-electron chi connectivity index (χ0n) is 17.3. The number of para-hydroxylation sites is 1. The largest absolute Gasteiger partial charge is 0.480 e. The van der Waals surface area contributed by atoms with Crippen molar-refractivity contribution in [3.05, 3.63) is 78.1 Å². The summed E-state index contributed by atoms with van der Waals surface area (Å²) in [6.07, 6.45) is 1.79. The summed E-state index contributed by atoms with van der Waals surface area (Å²) in [6, 6.07) is 16.6. The fourth-order valence-corrected chi connectivity index (χ4v) is 3.54. The van der Waals surface area contributed by atoms with Gasteiger partial charge in [-0.1, -0.05) is 48.5 Å². The molecule has 162 valence electrons. The number of pyridine rings is 1. The highest BCUT2D eigenvalue weighted by atomic mass is 16.4. The van der Waals surface area contributed by atoms with Crippen LogP contribution in [0, 0.1) is 0 Å². The number of aromatic amines is 1. The number of benzene rings is 2. The molecule has 0 aliphatic carbocycles. The third kappa shape index (κ3) is 4.44. The summed E-state index contributed by atoms with van der Waals surface area (Å²) in [5.74, 6) is -2.25. The lowest BCUT2D eigenvalue weighted by Gasteiger charge is -2.20. The molecule has 0 aliphatic rings. The molecule has 0 fully saturated rings. The fraction of sp³-hybridized carbons (Fsp3) is 0.167. The molecule has 2 heterocycles. The first-order valence-corrected chi connectivity index (χ1v) is 10.2. The van der Waals surface area contributed by atoms with Gasteiger partial charge in [-0.25, -0.2) is 4.98 Å². The predicted molar refractivity (Wildman–Crippen MR) is 120 cm³/mol. The minimum atomic E-state index is -1.16. The van der Waals surface area contributed by atoms with Gasteiger partial charge in [-0.2, -0.15) is 0 Å². The molecule has 2 amide bonds. The van der Waals surface area contributed by atoms with Crippen LogP contribution in [0.4, 0.5) is 0 Å². The van der Waals surface area contributed by atoms with Gasteiger partial charge in [0.15, 0.2) is 0 Å². The van der Waals surface area contributed by atoms with Crippen LogP contribution < -0.4 is 10.6 Å². The summed E-state index contributed by atoms with van der Waals surface area (Å²) in [7, 11) is 0. The number of carboxylic acids is 1. The summed E-state index contributed by atoms with van der Waals surface area (Å²) >= 11 is 0. The van der Waals surface area contributed by atoms with Gasteiger partial charge in [0.1, 0.15) is 17.8 Å². The number of aromatic nitrogens is 2. The van der Waals surface area contributed by atoms with Crippen LogP contribution in [-0.2, 0) is 16.0 Å². The van der Waals surface area contributed by atoms with Gasteiger partial charge < -0.3 is 20.7 Å². The van der Waals surface area contributed by atoms with Gasteiger partial charge in [0.25, 0.3) is 5.91 Å². The third-order valence-corrected chi connectivity index (χ3v) is 5.26. The first-order chi connectivity index (χ1) is 15.4. The quantitative estimate of drug-likeness (QED) is 0.359. The van der Waals surface area contributed by atoms with Crippen LogP contribution in [0.25, 0.3) is 21.8 Å². The van der Waals surface area contributed by atoms with E-state index in [1.165, 1.54) is 6.92 Å². The van der Waals surface area contributed by atoms with Crippen molar-refractivity contribution in [1.82, 2.24) is 20.6 Å². The monoisotopic (exact) mass is 430 g/mol. The van der Waals surface area contributed by atoms with Gasteiger partial charge in [-0.15, -0.1) is 0 Å². The number of H-pyrrole nitrogens is 1. The number of aliphatic carboxylic acids is 1. The number of fused-ring (bicyclic) bond motifs is 3. The molecule has 4 rings (SSSR count). The van der Waals surface area contributed by atoms with Gasteiger partial charge in [0.05, 0.1) is 11.7 Å². The Hall–Kier alpha value is -4.20. The zero-order chi connectivity index (χ0) is 22.7. The molecule has 0 saturated heterocycles. The number of carbonyl (C=O) groups is 3. The van der Waals surface area contributed by atoms with E-state index in [0.717, 1.165) is 27.4 Å². The number of rotatable bonds is 7. The Morgan fingerprint density at radius 2 is 1.69 bits per heavy atom. The lowest BCUT2D eigenvalue weighted by atomic mass is 10.0. The van der Waals surface area contributed by atoms with Crippen LogP contribution >= 0.6 is 0 Å². The van der Waals surface area contributed by atoms with Crippen LogP contribution in [0.5, 0.6) is 0 Å². The highest BCUT2D eigenvalue weighted by molar-refractivity contribution is 6.09. The number of amides is 2. The molecule has 0 bridgehead atoms. The van der Waals surface area contributed by atoms with E-state index >= 15 is 0 Å². The molecule has 0 saturated carbocycles. The van der Waals surface area contributed by atoms with E-state index in [0.29, 0.717) is 0 Å². The van der Waals surface area contributed by atoms with Crippen molar-refractivity contribution in [1.29, 1.82) is 0 Å². The maximum Gasteiger partial charge on any atom is 0.325 e. The van der Waals surface area contributed by atoms with Gasteiger partial charge in [-0.3, -0.25) is 14.4 Å². The Labute approximate surface area is 183 Å². The predicted octanol–water partition coefficient (Wildman–Crippen LogP) is 2.65. The van der Waals surface area contributed by atoms with Crippen LogP contribution in [0.2, 0.25) is 0 Å². The fourth-order valence-electron chi connectivity index (χ4n) is 3.54. The Morgan fingerprint density at radius 3 is 2.44 bits per heavy atom. The highest BCUT2D eigenvalue weighted by Crippen LogP contribution is 2.25. The van der Waals surface area contributed by atoms with E-state index in [-0.39, 0.29) is 12.1 Å². The molecular formula is C24H22N4O4. The minimum Gasteiger partial charge on any atom is -0.480 e. The second-order valence-corrected chi connectivity index (χ2v) is 7.57. The van der Waals surface area contributed by atoms with Crippen LogP contribution in [0.1, 0.15) is 23.0 Å². The summed E-state index contributed by atoms with van der Waals surface area (Å²) < 4.78 is 0. The van der Waals surface area contributed by atoms with Crippen molar-refractivity contribution < 1.29 is 19.5 Å². The van der Waals surface area contributed by atoms with Gasteiger partial charge >= 0.3 is 5.97 Å². The number of hydrogen-bond donors (Lipinski definition) is 4. The van der Waals surface area contributed by atoms with Gasteiger partial charge in [-0.05, 0) is 24.6 Å². The van der Waals surface area contributed by atoms with Crippen molar-refractivity contribution in [2.75, 3.05) is 0 Å². The molecule has 0 spiro atoms. The maximum atomic E-state index is 13.0. The number of hydrogen-bond acceptors (Lipinski definition) is 4. The van der Waals surface area contributed by atoms with Crippen molar-refractivity contribution in [2.24, 2.45) is 0 Å². The lowest BCUT2D eigenvalue weighted by molar-refractivity contribution is -0.141. The molecule has 2 aromatic heterocycles. The van der Waals surface area contributed by atoms with E-state index < -0.39 is 29.9 Å². The van der Waals surface area contributed by atoms with Crippen molar-refractivity contribution >= 4 is 39.6 Å². The van der Waals surface area contributed by atoms with Gasteiger partial charge in [0.2, 0.25) is 5.91 Å². The standard InChI is InChI=1S/C24H22N4O4/c1-14(24(31)32)26-23(30)20(11-15-7-3-2-4-8-15)28-22(29)19-12-17-16-9-5-6-10-18(16)27-21(17)13-25-19/h2-10,12-14,20,27H,11H2,1H3,(H,26,30)(H,28,29)(H,31,32).